The maximum absolute atomic E-state index is 13.4. The Morgan fingerprint density at radius 1 is 1.23 bits per heavy atom. The van der Waals surface area contributed by atoms with Gasteiger partial charge in [-0.3, -0.25) is 9.48 Å². The number of hydrogen-bond donors (Lipinski definition) is 0. The van der Waals surface area contributed by atoms with Gasteiger partial charge in [0, 0.05) is 31.2 Å². The molecule has 0 fully saturated rings. The molecule has 0 bridgehead atoms. The number of hydrogen-bond acceptors (Lipinski definition) is 3. The highest BCUT2D eigenvalue weighted by Crippen LogP contribution is 2.31. The number of carbonyl (C=O) groups excluding carboxylic acids is 1. The highest BCUT2D eigenvalue weighted by molar-refractivity contribution is 5.95. The zero-order valence-electron chi connectivity index (χ0n) is 15.4. The molecule has 26 heavy (non-hydrogen) atoms. The van der Waals surface area contributed by atoms with Crippen LogP contribution in [0.4, 0.5) is 0 Å². The molecule has 2 aromatic heterocycles. The molecule has 3 aromatic rings. The molecule has 6 nitrogen and oxygen atoms in total. The summed E-state index contributed by atoms with van der Waals surface area (Å²) in [5.41, 5.74) is 3.71. The topological polar surface area (TPSA) is 56.0 Å². The van der Waals surface area contributed by atoms with Crippen LogP contribution in [0.5, 0.6) is 0 Å². The van der Waals surface area contributed by atoms with Crippen LogP contribution in [0.3, 0.4) is 0 Å². The van der Waals surface area contributed by atoms with Gasteiger partial charge in [0.1, 0.15) is 5.82 Å². The predicted molar refractivity (Wildman–Crippen MR) is 98.7 cm³/mol. The average Bonchev–Trinajstić information content (AvgIpc) is 3.23. The van der Waals surface area contributed by atoms with E-state index in [-0.39, 0.29) is 11.9 Å². The van der Waals surface area contributed by atoms with Gasteiger partial charge in [-0.25, -0.2) is 4.98 Å². The van der Waals surface area contributed by atoms with Crippen molar-refractivity contribution in [2.45, 2.75) is 46.4 Å². The molecule has 1 aliphatic heterocycles. The first kappa shape index (κ1) is 16.6. The lowest BCUT2D eigenvalue weighted by molar-refractivity contribution is 0.0582. The standard InChI is InChI=1S/C20H23N5O/c1-4-23-11-17(15(3)22-23)20(26)25-13-19-21-10-14(2)24(19)12-18(25)16-8-6-5-7-9-16/h5-11,18H,4,12-13H2,1-3H3/t18-/m1/s1. The van der Waals surface area contributed by atoms with Crippen molar-refractivity contribution in [2.75, 3.05) is 0 Å². The van der Waals surface area contributed by atoms with Gasteiger partial charge in [0.15, 0.2) is 0 Å². The van der Waals surface area contributed by atoms with Gasteiger partial charge in [-0.1, -0.05) is 30.3 Å². The molecular formula is C20H23N5O. The van der Waals surface area contributed by atoms with E-state index in [1.807, 2.05) is 54.0 Å². The molecule has 0 spiro atoms. The minimum absolute atomic E-state index is 0.0166. The molecule has 0 N–H and O–H groups in total. The summed E-state index contributed by atoms with van der Waals surface area (Å²) in [5.74, 6) is 0.950. The SMILES string of the molecule is CCn1cc(C(=O)N2Cc3ncc(C)n3C[C@@H]2c2ccccc2)c(C)n1. The van der Waals surface area contributed by atoms with Crippen LogP contribution in [-0.2, 0) is 19.6 Å². The monoisotopic (exact) mass is 349 g/mol. The van der Waals surface area contributed by atoms with Crippen molar-refractivity contribution in [1.29, 1.82) is 0 Å². The molecule has 1 atom stereocenters. The smallest absolute Gasteiger partial charge is 0.258 e. The summed E-state index contributed by atoms with van der Waals surface area (Å²) >= 11 is 0. The number of carbonyl (C=O) groups is 1. The molecule has 1 aromatic carbocycles. The Balaban J connectivity index is 1.76. The molecule has 3 heterocycles. The quantitative estimate of drug-likeness (QED) is 0.730. The van der Waals surface area contributed by atoms with Crippen molar-refractivity contribution in [3.63, 3.8) is 0 Å². The summed E-state index contributed by atoms with van der Waals surface area (Å²) in [7, 11) is 0. The molecule has 0 saturated carbocycles. The molecule has 0 aliphatic carbocycles. The highest BCUT2D eigenvalue weighted by atomic mass is 16.2. The Kier molecular flexibility index (Phi) is 4.11. The third kappa shape index (κ3) is 2.71. The van der Waals surface area contributed by atoms with E-state index in [1.54, 1.807) is 0 Å². The van der Waals surface area contributed by atoms with Crippen molar-refractivity contribution in [1.82, 2.24) is 24.2 Å². The summed E-state index contributed by atoms with van der Waals surface area (Å²) in [6.07, 6.45) is 3.73. The van der Waals surface area contributed by atoms with E-state index in [1.165, 1.54) is 0 Å². The molecule has 6 heteroatoms. The Bertz CT molecular complexity index is 941. The second-order valence-corrected chi connectivity index (χ2v) is 6.77. The number of aryl methyl sites for hydroxylation is 3. The van der Waals surface area contributed by atoms with Crippen molar-refractivity contribution in [3.05, 3.63) is 71.1 Å². The molecule has 1 aliphatic rings. The van der Waals surface area contributed by atoms with Gasteiger partial charge in [-0.15, -0.1) is 0 Å². The number of aromatic nitrogens is 4. The summed E-state index contributed by atoms with van der Waals surface area (Å²) in [4.78, 5) is 19.8. The van der Waals surface area contributed by atoms with Crippen molar-refractivity contribution in [3.8, 4) is 0 Å². The summed E-state index contributed by atoms with van der Waals surface area (Å²) in [6, 6.07) is 10.2. The van der Waals surface area contributed by atoms with E-state index in [2.05, 4.69) is 33.7 Å². The number of imidazole rings is 1. The second kappa shape index (κ2) is 6.44. The van der Waals surface area contributed by atoms with Crippen LogP contribution in [0.25, 0.3) is 0 Å². The Hall–Kier alpha value is -2.89. The van der Waals surface area contributed by atoms with Crippen LogP contribution < -0.4 is 0 Å². The fourth-order valence-corrected chi connectivity index (χ4v) is 3.64. The maximum atomic E-state index is 13.4. The van der Waals surface area contributed by atoms with E-state index in [4.69, 9.17) is 0 Å². The van der Waals surface area contributed by atoms with Gasteiger partial charge < -0.3 is 9.47 Å². The maximum Gasteiger partial charge on any atom is 0.258 e. The minimum Gasteiger partial charge on any atom is -0.328 e. The fourth-order valence-electron chi connectivity index (χ4n) is 3.64. The van der Waals surface area contributed by atoms with E-state index in [0.29, 0.717) is 12.1 Å². The van der Waals surface area contributed by atoms with Crippen molar-refractivity contribution >= 4 is 5.91 Å². The zero-order chi connectivity index (χ0) is 18.3. The number of nitrogens with zero attached hydrogens (tertiary/aromatic N) is 5. The van der Waals surface area contributed by atoms with Gasteiger partial charge in [0.2, 0.25) is 0 Å². The predicted octanol–water partition coefficient (Wildman–Crippen LogP) is 3.11. The van der Waals surface area contributed by atoms with E-state index in [0.717, 1.165) is 35.9 Å². The van der Waals surface area contributed by atoms with Gasteiger partial charge in [0.25, 0.3) is 5.91 Å². The first-order valence-electron chi connectivity index (χ1n) is 8.99. The van der Waals surface area contributed by atoms with Gasteiger partial charge in [-0.05, 0) is 26.3 Å². The Morgan fingerprint density at radius 2 is 2.00 bits per heavy atom. The number of amides is 1. The molecule has 134 valence electrons. The lowest BCUT2D eigenvalue weighted by Gasteiger charge is -2.37. The van der Waals surface area contributed by atoms with Crippen molar-refractivity contribution < 1.29 is 4.79 Å². The van der Waals surface area contributed by atoms with E-state index >= 15 is 0 Å². The number of benzene rings is 1. The fraction of sp³-hybridized carbons (Fsp3) is 0.350. The van der Waals surface area contributed by atoms with Crippen LogP contribution in [0.1, 0.15) is 46.1 Å². The molecule has 4 rings (SSSR count). The molecule has 0 unspecified atom stereocenters. The van der Waals surface area contributed by atoms with E-state index < -0.39 is 0 Å². The van der Waals surface area contributed by atoms with Crippen LogP contribution in [0.2, 0.25) is 0 Å². The van der Waals surface area contributed by atoms with Crippen LogP contribution in [0.15, 0.2) is 42.7 Å². The van der Waals surface area contributed by atoms with E-state index in [9.17, 15) is 4.79 Å². The number of fused-ring (bicyclic) bond motifs is 1. The lowest BCUT2D eigenvalue weighted by Crippen LogP contribution is -2.41. The van der Waals surface area contributed by atoms with Crippen LogP contribution >= 0.6 is 0 Å². The third-order valence-corrected chi connectivity index (χ3v) is 5.13. The second-order valence-electron chi connectivity index (χ2n) is 6.77. The Morgan fingerprint density at radius 3 is 2.69 bits per heavy atom. The summed E-state index contributed by atoms with van der Waals surface area (Å²) in [5, 5.41) is 4.44. The Labute approximate surface area is 153 Å². The van der Waals surface area contributed by atoms with Crippen LogP contribution in [0, 0.1) is 13.8 Å². The summed E-state index contributed by atoms with van der Waals surface area (Å²) < 4.78 is 4.03. The number of rotatable bonds is 3. The van der Waals surface area contributed by atoms with Crippen LogP contribution in [-0.4, -0.2) is 30.1 Å². The van der Waals surface area contributed by atoms with Gasteiger partial charge in [0.05, 0.1) is 23.8 Å². The summed E-state index contributed by atoms with van der Waals surface area (Å²) in [6.45, 7) is 7.95. The first-order chi connectivity index (χ1) is 12.6. The zero-order valence-corrected chi connectivity index (χ0v) is 15.4. The van der Waals surface area contributed by atoms with Gasteiger partial charge >= 0.3 is 0 Å². The first-order valence-corrected chi connectivity index (χ1v) is 8.99. The highest BCUT2D eigenvalue weighted by Gasteiger charge is 2.34. The minimum atomic E-state index is -0.0199. The molecule has 1 amide bonds. The van der Waals surface area contributed by atoms with Gasteiger partial charge in [-0.2, -0.15) is 5.10 Å². The molecule has 0 radical (unpaired) electrons. The van der Waals surface area contributed by atoms with Crippen molar-refractivity contribution in [2.24, 2.45) is 0 Å². The third-order valence-electron chi connectivity index (χ3n) is 5.13. The largest absolute Gasteiger partial charge is 0.328 e. The lowest BCUT2D eigenvalue weighted by atomic mass is 10.0. The molecular weight excluding hydrogens is 326 g/mol. The molecule has 0 saturated heterocycles. The normalized spacial score (nSPS) is 16.6. The average molecular weight is 349 g/mol.